The fourth-order valence-electron chi connectivity index (χ4n) is 2.68. The van der Waals surface area contributed by atoms with Crippen molar-refractivity contribution < 1.29 is 9.90 Å². The van der Waals surface area contributed by atoms with Gasteiger partial charge in [0.25, 0.3) is 0 Å². The second-order valence-corrected chi connectivity index (χ2v) is 5.81. The zero-order valence-electron chi connectivity index (χ0n) is 11.0. The van der Waals surface area contributed by atoms with Crippen molar-refractivity contribution in [3.63, 3.8) is 0 Å². The van der Waals surface area contributed by atoms with Gasteiger partial charge in [0.1, 0.15) is 5.75 Å². The Bertz CT molecular complexity index is 434. The molecular weight excluding hydrogens is 306 g/mol. The molecule has 1 aliphatic rings. The van der Waals surface area contributed by atoms with E-state index in [9.17, 15) is 9.90 Å². The number of phenolic OH excluding ortho intramolecular Hbond substituents is 1. The molecule has 1 aromatic carbocycles. The molecule has 3 nitrogen and oxygen atoms in total. The molecule has 104 valence electrons. The number of hydrogen-bond donors (Lipinski definition) is 1. The minimum atomic E-state index is 0.132. The number of likely N-dealkylation sites (tertiary alicyclic amines) is 1. The second kappa shape index (κ2) is 6.94. The molecule has 0 saturated carbocycles. The molecule has 0 bridgehead atoms. The van der Waals surface area contributed by atoms with Gasteiger partial charge in [0.05, 0.1) is 6.42 Å². The number of carbonyl (C=O) groups is 1. The van der Waals surface area contributed by atoms with Crippen molar-refractivity contribution in [1.82, 2.24) is 4.90 Å². The summed E-state index contributed by atoms with van der Waals surface area (Å²) in [7, 11) is 0. The van der Waals surface area contributed by atoms with Crippen molar-refractivity contribution in [2.45, 2.75) is 38.1 Å². The molecule has 1 fully saturated rings. The van der Waals surface area contributed by atoms with Gasteiger partial charge in [-0.25, -0.2) is 0 Å². The van der Waals surface area contributed by atoms with Gasteiger partial charge in [-0.2, -0.15) is 0 Å². The first-order valence-electron chi connectivity index (χ1n) is 6.84. The van der Waals surface area contributed by atoms with Gasteiger partial charge in [-0.05, 0) is 31.7 Å². The quantitative estimate of drug-likeness (QED) is 0.864. The van der Waals surface area contributed by atoms with Crippen LogP contribution in [0.1, 0.15) is 31.2 Å². The van der Waals surface area contributed by atoms with Gasteiger partial charge in [-0.3, -0.25) is 4.79 Å². The average Bonchev–Trinajstić information content (AvgIpc) is 2.42. The van der Waals surface area contributed by atoms with Crippen LogP contribution in [0.2, 0.25) is 0 Å². The normalized spacial score (nSPS) is 19.4. The van der Waals surface area contributed by atoms with E-state index in [-0.39, 0.29) is 11.7 Å². The largest absolute Gasteiger partial charge is 0.508 e. The molecular formula is C15H20BrNO2. The number of carbonyl (C=O) groups excluding carboxylic acids is 1. The van der Waals surface area contributed by atoms with Crippen LogP contribution < -0.4 is 0 Å². The highest BCUT2D eigenvalue weighted by Crippen LogP contribution is 2.23. The Morgan fingerprint density at radius 2 is 2.16 bits per heavy atom. The molecule has 0 aliphatic carbocycles. The molecule has 1 aromatic rings. The third-order valence-corrected chi connectivity index (χ3v) is 4.18. The van der Waals surface area contributed by atoms with E-state index in [1.165, 1.54) is 6.42 Å². The molecule has 1 saturated heterocycles. The number of rotatable bonds is 4. The number of benzene rings is 1. The van der Waals surface area contributed by atoms with E-state index < -0.39 is 0 Å². The standard InChI is InChI=1S/C15H20BrNO2/c16-9-8-13-6-3-4-10-17(13)15(19)11-12-5-1-2-7-14(12)18/h1-2,5,7,13,18H,3-4,6,8-11H2. The number of halogens is 1. The molecule has 1 N–H and O–H groups in total. The van der Waals surface area contributed by atoms with Gasteiger partial charge < -0.3 is 10.0 Å². The highest BCUT2D eigenvalue weighted by molar-refractivity contribution is 9.09. The zero-order valence-corrected chi connectivity index (χ0v) is 12.6. The Morgan fingerprint density at radius 3 is 2.89 bits per heavy atom. The Labute approximate surface area is 122 Å². The van der Waals surface area contributed by atoms with Crippen molar-refractivity contribution in [2.75, 3.05) is 11.9 Å². The van der Waals surface area contributed by atoms with Crippen LogP contribution in [-0.4, -0.2) is 33.8 Å². The number of hydrogen-bond acceptors (Lipinski definition) is 2. The number of aromatic hydroxyl groups is 1. The first kappa shape index (κ1) is 14.4. The lowest BCUT2D eigenvalue weighted by atomic mass is 9.99. The Morgan fingerprint density at radius 1 is 1.37 bits per heavy atom. The fourth-order valence-corrected chi connectivity index (χ4v) is 3.21. The van der Waals surface area contributed by atoms with Crippen LogP contribution in [-0.2, 0) is 11.2 Å². The summed E-state index contributed by atoms with van der Waals surface area (Å²) in [5.74, 6) is 0.344. The van der Waals surface area contributed by atoms with Crippen LogP contribution >= 0.6 is 15.9 Å². The number of alkyl halides is 1. The van der Waals surface area contributed by atoms with Crippen molar-refractivity contribution >= 4 is 21.8 Å². The van der Waals surface area contributed by atoms with E-state index in [1.54, 1.807) is 12.1 Å². The van der Waals surface area contributed by atoms with Crippen LogP contribution in [0, 0.1) is 0 Å². The third-order valence-electron chi connectivity index (χ3n) is 3.72. The Balaban J connectivity index is 2.03. The lowest BCUT2D eigenvalue weighted by Crippen LogP contribution is -2.44. The third kappa shape index (κ3) is 3.72. The maximum atomic E-state index is 12.4. The van der Waals surface area contributed by atoms with E-state index in [0.717, 1.165) is 36.7 Å². The lowest BCUT2D eigenvalue weighted by Gasteiger charge is -2.35. The number of piperidine rings is 1. The second-order valence-electron chi connectivity index (χ2n) is 5.02. The number of amides is 1. The predicted molar refractivity (Wildman–Crippen MR) is 79.6 cm³/mol. The summed E-state index contributed by atoms with van der Waals surface area (Å²) in [6, 6.07) is 7.43. The van der Waals surface area contributed by atoms with Crippen LogP contribution in [0.5, 0.6) is 5.75 Å². The molecule has 1 amide bonds. The predicted octanol–water partition coefficient (Wildman–Crippen LogP) is 3.10. The molecule has 4 heteroatoms. The van der Waals surface area contributed by atoms with Crippen LogP contribution in [0.3, 0.4) is 0 Å². The van der Waals surface area contributed by atoms with Gasteiger partial charge in [-0.1, -0.05) is 34.1 Å². The van der Waals surface area contributed by atoms with Gasteiger partial charge in [-0.15, -0.1) is 0 Å². The summed E-state index contributed by atoms with van der Waals surface area (Å²) in [6.07, 6.45) is 4.69. The van der Waals surface area contributed by atoms with Crippen molar-refractivity contribution in [1.29, 1.82) is 0 Å². The summed E-state index contributed by atoms with van der Waals surface area (Å²) >= 11 is 3.46. The molecule has 2 rings (SSSR count). The average molecular weight is 326 g/mol. The molecule has 1 aliphatic heterocycles. The molecule has 0 spiro atoms. The maximum Gasteiger partial charge on any atom is 0.227 e. The molecule has 0 radical (unpaired) electrons. The van der Waals surface area contributed by atoms with Gasteiger partial charge in [0.15, 0.2) is 0 Å². The minimum Gasteiger partial charge on any atom is -0.508 e. The monoisotopic (exact) mass is 325 g/mol. The number of phenols is 1. The first-order valence-corrected chi connectivity index (χ1v) is 7.97. The van der Waals surface area contributed by atoms with Crippen molar-refractivity contribution in [2.24, 2.45) is 0 Å². The number of nitrogens with zero attached hydrogens (tertiary/aromatic N) is 1. The van der Waals surface area contributed by atoms with E-state index in [1.807, 2.05) is 17.0 Å². The van der Waals surface area contributed by atoms with Crippen molar-refractivity contribution in [3.05, 3.63) is 29.8 Å². The summed E-state index contributed by atoms with van der Waals surface area (Å²) in [4.78, 5) is 14.4. The van der Waals surface area contributed by atoms with E-state index >= 15 is 0 Å². The van der Waals surface area contributed by atoms with E-state index in [4.69, 9.17) is 0 Å². The van der Waals surface area contributed by atoms with Crippen LogP contribution in [0.4, 0.5) is 0 Å². The molecule has 0 aromatic heterocycles. The molecule has 19 heavy (non-hydrogen) atoms. The van der Waals surface area contributed by atoms with Gasteiger partial charge in [0.2, 0.25) is 5.91 Å². The van der Waals surface area contributed by atoms with Gasteiger partial charge >= 0.3 is 0 Å². The summed E-state index contributed by atoms with van der Waals surface area (Å²) < 4.78 is 0. The Hall–Kier alpha value is -1.03. The number of para-hydroxylation sites is 1. The maximum absolute atomic E-state index is 12.4. The van der Waals surface area contributed by atoms with E-state index in [2.05, 4.69) is 15.9 Å². The highest BCUT2D eigenvalue weighted by atomic mass is 79.9. The SMILES string of the molecule is O=C(Cc1ccccc1O)N1CCCCC1CCBr. The smallest absolute Gasteiger partial charge is 0.227 e. The van der Waals surface area contributed by atoms with Crippen LogP contribution in [0.15, 0.2) is 24.3 Å². The van der Waals surface area contributed by atoms with Crippen LogP contribution in [0.25, 0.3) is 0 Å². The zero-order chi connectivity index (χ0) is 13.7. The molecule has 1 atom stereocenters. The Kier molecular flexibility index (Phi) is 5.25. The summed E-state index contributed by atoms with van der Waals surface area (Å²) in [5.41, 5.74) is 0.718. The first-order chi connectivity index (χ1) is 9.22. The summed E-state index contributed by atoms with van der Waals surface area (Å²) in [5, 5.41) is 10.7. The minimum absolute atomic E-state index is 0.132. The van der Waals surface area contributed by atoms with Crippen molar-refractivity contribution in [3.8, 4) is 5.75 Å². The van der Waals surface area contributed by atoms with Gasteiger partial charge in [0, 0.05) is 23.5 Å². The fraction of sp³-hybridized carbons (Fsp3) is 0.533. The lowest BCUT2D eigenvalue weighted by molar-refractivity contribution is -0.134. The topological polar surface area (TPSA) is 40.5 Å². The molecule has 1 heterocycles. The van der Waals surface area contributed by atoms with E-state index in [0.29, 0.717) is 12.5 Å². The summed E-state index contributed by atoms with van der Waals surface area (Å²) in [6.45, 7) is 0.851. The molecule has 1 unspecified atom stereocenters. The highest BCUT2D eigenvalue weighted by Gasteiger charge is 2.26.